The summed E-state index contributed by atoms with van der Waals surface area (Å²) >= 11 is 0. The maximum atomic E-state index is 4.44. The van der Waals surface area contributed by atoms with Crippen LogP contribution in [0.5, 0.6) is 0 Å². The van der Waals surface area contributed by atoms with Gasteiger partial charge in [0.05, 0.1) is 0 Å². The number of allylic oxidation sites excluding steroid dienone is 1. The highest BCUT2D eigenvalue weighted by molar-refractivity contribution is 5.17. The second kappa shape index (κ2) is 11.3. The summed E-state index contributed by atoms with van der Waals surface area (Å²) in [5.41, 5.74) is 1.90. The number of rotatable bonds is 7. The smallest absolute Gasteiger partial charge is 0.0130 e. The quantitative estimate of drug-likeness (QED) is 0.495. The van der Waals surface area contributed by atoms with Crippen molar-refractivity contribution < 1.29 is 0 Å². The molecule has 1 heteroatoms. The molecule has 0 saturated heterocycles. The summed E-state index contributed by atoms with van der Waals surface area (Å²) in [6, 6.07) is 0. The van der Waals surface area contributed by atoms with Gasteiger partial charge in [0.1, 0.15) is 0 Å². The average molecular weight is 314 g/mol. The topological polar surface area (TPSA) is 12.0 Å². The Kier molecular flexibility index (Phi) is 13.6. The molecule has 1 N–H and O–H groups in total. The Hall–Kier alpha value is -0.300. The molecule has 0 aromatic rings. The molecule has 0 aliphatic rings. The van der Waals surface area contributed by atoms with E-state index < -0.39 is 0 Å². The Labute approximate surface area is 143 Å². The van der Waals surface area contributed by atoms with Crippen LogP contribution < -0.4 is 5.32 Å². The van der Waals surface area contributed by atoms with Crippen molar-refractivity contribution in [1.82, 2.24) is 5.32 Å². The third-order valence-electron chi connectivity index (χ3n) is 4.11. The Morgan fingerprint density at radius 1 is 0.864 bits per heavy atom. The molecule has 0 atom stereocenters. The fourth-order valence-corrected chi connectivity index (χ4v) is 3.36. The molecule has 0 spiro atoms. The first-order chi connectivity index (χ1) is 9.84. The lowest BCUT2D eigenvalue weighted by Crippen LogP contribution is -2.42. The van der Waals surface area contributed by atoms with Crippen LogP contribution in [0.25, 0.3) is 0 Å². The second-order valence-corrected chi connectivity index (χ2v) is 8.15. The SMILES string of the molecule is C=C(C(C)(C)CC(C)C)C(C)(C)CC(C)(C)NC.CC.CC. The first-order valence-electron chi connectivity index (χ1n) is 9.23. The fourth-order valence-electron chi connectivity index (χ4n) is 3.36. The molecule has 0 radical (unpaired) electrons. The third-order valence-corrected chi connectivity index (χ3v) is 4.11. The Morgan fingerprint density at radius 2 is 1.23 bits per heavy atom. The van der Waals surface area contributed by atoms with Crippen LogP contribution in [0.15, 0.2) is 12.2 Å². The van der Waals surface area contributed by atoms with E-state index in [0.717, 1.165) is 6.42 Å². The minimum absolute atomic E-state index is 0.153. The average Bonchev–Trinajstić information content (AvgIpc) is 2.40. The summed E-state index contributed by atoms with van der Waals surface area (Å²) in [6.45, 7) is 30.9. The largest absolute Gasteiger partial charge is 0.315 e. The van der Waals surface area contributed by atoms with Crippen LogP contribution in [0.2, 0.25) is 0 Å². The molecule has 0 heterocycles. The fraction of sp³-hybridized carbons (Fsp3) is 0.905. The summed E-state index contributed by atoms with van der Waals surface area (Å²) in [5, 5.41) is 3.40. The lowest BCUT2D eigenvalue weighted by molar-refractivity contribution is 0.214. The Bertz CT molecular complexity index is 282. The maximum Gasteiger partial charge on any atom is 0.0130 e. The van der Waals surface area contributed by atoms with E-state index in [4.69, 9.17) is 0 Å². The molecule has 0 aliphatic carbocycles. The zero-order valence-corrected chi connectivity index (χ0v) is 18.2. The molecule has 0 unspecified atom stereocenters. The Morgan fingerprint density at radius 3 is 1.50 bits per heavy atom. The molecule has 1 nitrogen and oxygen atoms in total. The molecule has 136 valence electrons. The maximum absolute atomic E-state index is 4.44. The zero-order chi connectivity index (χ0) is 18.8. The number of hydrogen-bond acceptors (Lipinski definition) is 1. The lowest BCUT2D eigenvalue weighted by atomic mass is 9.64. The van der Waals surface area contributed by atoms with E-state index in [2.05, 4.69) is 67.3 Å². The van der Waals surface area contributed by atoms with Crippen LogP contribution >= 0.6 is 0 Å². The zero-order valence-electron chi connectivity index (χ0n) is 18.2. The van der Waals surface area contributed by atoms with Crippen LogP contribution in [0.3, 0.4) is 0 Å². The molecule has 0 aromatic carbocycles. The molecular formula is C21H47N. The van der Waals surface area contributed by atoms with Crippen LogP contribution in [0, 0.1) is 16.7 Å². The predicted octanol–water partition coefficient (Wildman–Crippen LogP) is 7.08. The van der Waals surface area contributed by atoms with Gasteiger partial charge >= 0.3 is 0 Å². The molecule has 0 fully saturated rings. The van der Waals surface area contributed by atoms with E-state index >= 15 is 0 Å². The summed E-state index contributed by atoms with van der Waals surface area (Å²) in [4.78, 5) is 0. The van der Waals surface area contributed by atoms with E-state index in [1.807, 2.05) is 34.7 Å². The van der Waals surface area contributed by atoms with Crippen molar-refractivity contribution in [2.75, 3.05) is 7.05 Å². The molecule has 0 rings (SSSR count). The molecule has 0 aromatic heterocycles. The van der Waals surface area contributed by atoms with Gasteiger partial charge in [0.25, 0.3) is 0 Å². The molecule has 22 heavy (non-hydrogen) atoms. The molecule has 0 bridgehead atoms. The van der Waals surface area contributed by atoms with E-state index in [9.17, 15) is 0 Å². The standard InChI is InChI=1S/C17H35N.2C2H6/c1-13(2)11-15(4,5)14(3)16(6,7)12-17(8,9)18-10;2*1-2/h13,18H,3,11-12H2,1-2,4-10H3;2*1-2H3. The van der Waals surface area contributed by atoms with Gasteiger partial charge in [-0.25, -0.2) is 0 Å². The van der Waals surface area contributed by atoms with E-state index in [0.29, 0.717) is 5.92 Å². The summed E-state index contributed by atoms with van der Waals surface area (Å²) in [7, 11) is 2.04. The molecule has 0 aliphatic heterocycles. The molecular weight excluding hydrogens is 266 g/mol. The van der Waals surface area contributed by atoms with Gasteiger partial charge in [-0.3, -0.25) is 0 Å². The molecule has 0 saturated carbocycles. The van der Waals surface area contributed by atoms with Crippen molar-refractivity contribution in [2.24, 2.45) is 16.7 Å². The van der Waals surface area contributed by atoms with Crippen molar-refractivity contribution in [3.63, 3.8) is 0 Å². The van der Waals surface area contributed by atoms with Crippen LogP contribution in [0.1, 0.15) is 95.9 Å². The Balaban J connectivity index is -0.000000826. The highest BCUT2D eigenvalue weighted by Gasteiger charge is 2.36. The van der Waals surface area contributed by atoms with Crippen LogP contribution in [-0.2, 0) is 0 Å². The molecule has 0 amide bonds. The number of hydrogen-bond donors (Lipinski definition) is 1. The van der Waals surface area contributed by atoms with Gasteiger partial charge in [-0.15, -0.1) is 0 Å². The van der Waals surface area contributed by atoms with Gasteiger partial charge in [-0.05, 0) is 50.5 Å². The van der Waals surface area contributed by atoms with Crippen LogP contribution in [-0.4, -0.2) is 12.6 Å². The van der Waals surface area contributed by atoms with Gasteiger partial charge in [0.2, 0.25) is 0 Å². The van der Waals surface area contributed by atoms with Gasteiger partial charge in [-0.2, -0.15) is 0 Å². The van der Waals surface area contributed by atoms with Crippen molar-refractivity contribution in [2.45, 2.75) is 101 Å². The van der Waals surface area contributed by atoms with Gasteiger partial charge in [0.15, 0.2) is 0 Å². The minimum Gasteiger partial charge on any atom is -0.315 e. The predicted molar refractivity (Wildman–Crippen MR) is 107 cm³/mol. The second-order valence-electron chi connectivity index (χ2n) is 8.15. The van der Waals surface area contributed by atoms with E-state index in [1.165, 1.54) is 12.0 Å². The summed E-state index contributed by atoms with van der Waals surface area (Å²) < 4.78 is 0. The first-order valence-corrected chi connectivity index (χ1v) is 9.23. The lowest BCUT2D eigenvalue weighted by Gasteiger charge is -2.43. The van der Waals surface area contributed by atoms with Gasteiger partial charge < -0.3 is 5.32 Å². The normalized spacial score (nSPS) is 12.1. The monoisotopic (exact) mass is 313 g/mol. The number of nitrogens with one attached hydrogen (secondary N) is 1. The van der Waals surface area contributed by atoms with Crippen molar-refractivity contribution in [3.05, 3.63) is 12.2 Å². The first kappa shape index (κ1) is 26.6. The van der Waals surface area contributed by atoms with E-state index in [1.54, 1.807) is 0 Å². The summed E-state index contributed by atoms with van der Waals surface area (Å²) in [6.07, 6.45) is 2.31. The van der Waals surface area contributed by atoms with E-state index in [-0.39, 0.29) is 16.4 Å². The van der Waals surface area contributed by atoms with Gasteiger partial charge in [0, 0.05) is 5.54 Å². The van der Waals surface area contributed by atoms with Crippen molar-refractivity contribution >= 4 is 0 Å². The van der Waals surface area contributed by atoms with Crippen molar-refractivity contribution in [3.8, 4) is 0 Å². The van der Waals surface area contributed by atoms with Gasteiger partial charge in [-0.1, -0.05) is 81.4 Å². The van der Waals surface area contributed by atoms with Crippen molar-refractivity contribution in [1.29, 1.82) is 0 Å². The minimum atomic E-state index is 0.153. The highest BCUT2D eigenvalue weighted by atomic mass is 14.9. The summed E-state index contributed by atoms with van der Waals surface area (Å²) in [5.74, 6) is 0.713. The highest BCUT2D eigenvalue weighted by Crippen LogP contribution is 2.46. The third kappa shape index (κ3) is 10.4. The van der Waals surface area contributed by atoms with Crippen LogP contribution in [0.4, 0.5) is 0 Å².